The van der Waals surface area contributed by atoms with E-state index in [-0.39, 0.29) is 5.56 Å². The summed E-state index contributed by atoms with van der Waals surface area (Å²) in [4.78, 5) is 14.7. The smallest absolute Gasteiger partial charge is 0.335 e. The molecule has 0 saturated carbocycles. The number of carboxylic acids is 1. The lowest BCUT2D eigenvalue weighted by Gasteiger charge is -2.07. The van der Waals surface area contributed by atoms with Crippen molar-refractivity contribution in [1.29, 1.82) is 0 Å². The molecule has 0 bridgehead atoms. The Kier molecular flexibility index (Phi) is 3.97. The molecule has 0 atom stereocenters. The van der Waals surface area contributed by atoms with Crippen LogP contribution in [0.2, 0.25) is 0 Å². The van der Waals surface area contributed by atoms with Gasteiger partial charge in [-0.05, 0) is 35.9 Å². The Morgan fingerprint density at radius 3 is 2.68 bits per heavy atom. The minimum atomic E-state index is -0.926. The zero-order chi connectivity index (χ0) is 13.7. The van der Waals surface area contributed by atoms with Crippen molar-refractivity contribution in [3.8, 4) is 5.88 Å². The second-order valence-corrected chi connectivity index (χ2v) is 3.94. The molecule has 0 spiro atoms. The monoisotopic (exact) mass is 258 g/mol. The number of rotatable bonds is 5. The third-order valence-electron chi connectivity index (χ3n) is 2.64. The lowest BCUT2D eigenvalue weighted by molar-refractivity contribution is 0.0697. The minimum absolute atomic E-state index is 0.274. The molecule has 1 aromatic heterocycles. The van der Waals surface area contributed by atoms with Gasteiger partial charge in [0, 0.05) is 24.5 Å². The second-order valence-electron chi connectivity index (χ2n) is 3.94. The highest BCUT2D eigenvalue weighted by Crippen LogP contribution is 2.13. The Morgan fingerprint density at radius 2 is 2.05 bits per heavy atom. The van der Waals surface area contributed by atoms with E-state index in [1.807, 2.05) is 12.1 Å². The first-order chi connectivity index (χ1) is 9.19. The maximum Gasteiger partial charge on any atom is 0.335 e. The minimum Gasteiger partial charge on any atom is -0.481 e. The van der Waals surface area contributed by atoms with E-state index in [0.717, 1.165) is 11.3 Å². The number of ether oxygens (including phenoxy) is 1. The number of nitrogens with zero attached hydrogens (tertiary/aromatic N) is 1. The van der Waals surface area contributed by atoms with Crippen LogP contribution >= 0.6 is 0 Å². The van der Waals surface area contributed by atoms with E-state index in [9.17, 15) is 4.79 Å². The molecule has 2 rings (SSSR count). The van der Waals surface area contributed by atoms with E-state index in [0.29, 0.717) is 12.4 Å². The highest BCUT2D eigenvalue weighted by Gasteiger charge is 2.02. The summed E-state index contributed by atoms with van der Waals surface area (Å²) in [6.45, 7) is 0.616. The van der Waals surface area contributed by atoms with Gasteiger partial charge in [-0.15, -0.1) is 0 Å². The van der Waals surface area contributed by atoms with E-state index in [1.54, 1.807) is 37.6 Å². The number of aromatic carboxylic acids is 1. The fourth-order valence-electron chi connectivity index (χ4n) is 1.61. The van der Waals surface area contributed by atoms with Crippen LogP contribution in [0.1, 0.15) is 15.9 Å². The summed E-state index contributed by atoms with van der Waals surface area (Å²) < 4.78 is 5.04. The second kappa shape index (κ2) is 5.86. The van der Waals surface area contributed by atoms with Crippen molar-refractivity contribution >= 4 is 11.7 Å². The molecule has 0 aliphatic rings. The van der Waals surface area contributed by atoms with Gasteiger partial charge in [-0.25, -0.2) is 9.78 Å². The molecule has 0 aliphatic heterocycles. The molecule has 0 radical (unpaired) electrons. The third-order valence-corrected chi connectivity index (χ3v) is 2.64. The molecule has 1 heterocycles. The van der Waals surface area contributed by atoms with Crippen molar-refractivity contribution in [2.24, 2.45) is 0 Å². The van der Waals surface area contributed by atoms with E-state index in [1.165, 1.54) is 0 Å². The largest absolute Gasteiger partial charge is 0.481 e. The van der Waals surface area contributed by atoms with Crippen molar-refractivity contribution in [2.75, 3.05) is 12.4 Å². The lowest BCUT2D eigenvalue weighted by atomic mass is 10.2. The maximum absolute atomic E-state index is 10.7. The van der Waals surface area contributed by atoms with Gasteiger partial charge in [-0.2, -0.15) is 0 Å². The van der Waals surface area contributed by atoms with Crippen molar-refractivity contribution in [3.05, 3.63) is 53.7 Å². The van der Waals surface area contributed by atoms with Crippen LogP contribution < -0.4 is 10.1 Å². The van der Waals surface area contributed by atoms with E-state index < -0.39 is 5.97 Å². The summed E-state index contributed by atoms with van der Waals surface area (Å²) in [6.07, 6.45) is 1.68. The normalized spacial score (nSPS) is 9.95. The van der Waals surface area contributed by atoms with Crippen molar-refractivity contribution in [3.63, 3.8) is 0 Å². The van der Waals surface area contributed by atoms with E-state index in [2.05, 4.69) is 10.3 Å². The van der Waals surface area contributed by atoms with Gasteiger partial charge in [0.1, 0.15) is 0 Å². The van der Waals surface area contributed by atoms with Crippen LogP contribution in [0.4, 0.5) is 5.69 Å². The predicted molar refractivity (Wildman–Crippen MR) is 71.5 cm³/mol. The summed E-state index contributed by atoms with van der Waals surface area (Å²) in [7, 11) is 1.57. The molecule has 5 heteroatoms. The molecule has 0 unspecified atom stereocenters. The van der Waals surface area contributed by atoms with Crippen LogP contribution in [0.3, 0.4) is 0 Å². The SMILES string of the molecule is COc1cc(CNc2ccc(C(=O)O)cc2)ccn1. The van der Waals surface area contributed by atoms with Crippen LogP contribution in [0.5, 0.6) is 5.88 Å². The number of methoxy groups -OCH3 is 1. The van der Waals surface area contributed by atoms with Gasteiger partial charge in [0.25, 0.3) is 0 Å². The van der Waals surface area contributed by atoms with Gasteiger partial charge in [0.15, 0.2) is 0 Å². The summed E-state index contributed by atoms with van der Waals surface area (Å²) in [5, 5.41) is 12.0. The van der Waals surface area contributed by atoms with Gasteiger partial charge in [0.2, 0.25) is 5.88 Å². The standard InChI is InChI=1S/C14H14N2O3/c1-19-13-8-10(6-7-15-13)9-16-12-4-2-11(3-5-12)14(17)18/h2-8,16H,9H2,1H3,(H,17,18). The Bertz CT molecular complexity index is 567. The molecule has 0 saturated heterocycles. The van der Waals surface area contributed by atoms with Crippen molar-refractivity contribution in [1.82, 2.24) is 4.98 Å². The molecule has 1 aromatic carbocycles. The van der Waals surface area contributed by atoms with Crippen LogP contribution in [0.15, 0.2) is 42.6 Å². The molecule has 0 fully saturated rings. The van der Waals surface area contributed by atoms with Crippen molar-refractivity contribution < 1.29 is 14.6 Å². The average Bonchev–Trinajstić information content (AvgIpc) is 2.46. The molecule has 0 aliphatic carbocycles. The number of benzene rings is 1. The van der Waals surface area contributed by atoms with Crippen LogP contribution in [0.25, 0.3) is 0 Å². The molecule has 19 heavy (non-hydrogen) atoms. The molecule has 2 aromatic rings. The number of aromatic nitrogens is 1. The molecule has 5 nitrogen and oxygen atoms in total. The first-order valence-corrected chi connectivity index (χ1v) is 5.75. The van der Waals surface area contributed by atoms with Gasteiger partial charge in [0.05, 0.1) is 12.7 Å². The van der Waals surface area contributed by atoms with Crippen LogP contribution in [-0.2, 0) is 6.54 Å². The first-order valence-electron chi connectivity index (χ1n) is 5.75. The Hall–Kier alpha value is -2.56. The number of hydrogen-bond donors (Lipinski definition) is 2. The van der Waals surface area contributed by atoms with E-state index >= 15 is 0 Å². The number of hydrogen-bond acceptors (Lipinski definition) is 4. The zero-order valence-electron chi connectivity index (χ0n) is 10.5. The Balaban J connectivity index is 1.99. The maximum atomic E-state index is 10.7. The highest BCUT2D eigenvalue weighted by molar-refractivity contribution is 5.87. The Labute approximate surface area is 110 Å². The number of carboxylic acid groups (broad SMARTS) is 1. The first kappa shape index (κ1) is 12.9. The molecule has 2 N–H and O–H groups in total. The lowest BCUT2D eigenvalue weighted by Crippen LogP contribution is -2.01. The summed E-state index contributed by atoms with van der Waals surface area (Å²) in [5.74, 6) is -0.356. The third kappa shape index (κ3) is 3.45. The molecule has 0 amide bonds. The summed E-state index contributed by atoms with van der Waals surface area (Å²) in [5.41, 5.74) is 2.17. The number of anilines is 1. The molecule has 98 valence electrons. The highest BCUT2D eigenvalue weighted by atomic mass is 16.5. The fourth-order valence-corrected chi connectivity index (χ4v) is 1.61. The van der Waals surface area contributed by atoms with Gasteiger partial charge < -0.3 is 15.2 Å². The van der Waals surface area contributed by atoms with Gasteiger partial charge in [-0.1, -0.05) is 0 Å². The fraction of sp³-hybridized carbons (Fsp3) is 0.143. The predicted octanol–water partition coefficient (Wildman–Crippen LogP) is 2.40. The average molecular weight is 258 g/mol. The quantitative estimate of drug-likeness (QED) is 0.861. The summed E-state index contributed by atoms with van der Waals surface area (Å²) in [6, 6.07) is 10.3. The van der Waals surface area contributed by atoms with Crippen molar-refractivity contribution in [2.45, 2.75) is 6.54 Å². The van der Waals surface area contributed by atoms with Crippen LogP contribution in [-0.4, -0.2) is 23.2 Å². The molecular formula is C14H14N2O3. The number of carbonyl (C=O) groups is 1. The van der Waals surface area contributed by atoms with Gasteiger partial charge >= 0.3 is 5.97 Å². The zero-order valence-corrected chi connectivity index (χ0v) is 10.5. The Morgan fingerprint density at radius 1 is 1.32 bits per heavy atom. The number of nitrogens with one attached hydrogen (secondary N) is 1. The summed E-state index contributed by atoms with van der Waals surface area (Å²) >= 11 is 0. The van der Waals surface area contributed by atoms with Crippen LogP contribution in [0, 0.1) is 0 Å². The number of pyridine rings is 1. The van der Waals surface area contributed by atoms with E-state index in [4.69, 9.17) is 9.84 Å². The van der Waals surface area contributed by atoms with Gasteiger partial charge in [-0.3, -0.25) is 0 Å². The molecular weight excluding hydrogens is 244 g/mol. The topological polar surface area (TPSA) is 71.5 Å².